The van der Waals surface area contributed by atoms with Crippen molar-refractivity contribution < 1.29 is 29.7 Å². The Hall–Kier alpha value is -2.49. The van der Waals surface area contributed by atoms with Gasteiger partial charge in [0, 0.05) is 30.3 Å². The highest BCUT2D eigenvalue weighted by atomic mass is 32.1. The first kappa shape index (κ1) is 15.1. The molecule has 0 spiro atoms. The molecule has 3 heterocycles. The molecule has 0 aliphatic carbocycles. The summed E-state index contributed by atoms with van der Waals surface area (Å²) < 4.78 is 1.99. The first-order valence-corrected chi connectivity index (χ1v) is 8.94. The van der Waals surface area contributed by atoms with Gasteiger partial charge in [0.05, 0.1) is 0 Å². The fourth-order valence-corrected chi connectivity index (χ4v) is 5.87. The number of hydrogen-bond acceptors (Lipinski definition) is 6. The molecule has 9 heteroatoms. The fraction of sp³-hybridized carbons (Fsp3) is 0. The largest absolute Gasteiger partial charge is 0.477 e. The maximum atomic E-state index is 11.3. The highest BCUT2D eigenvalue weighted by Crippen LogP contribution is 2.46. The number of hydrogen-bond donors (Lipinski definition) is 3. The lowest BCUT2D eigenvalue weighted by Gasteiger charge is -1.96. The van der Waals surface area contributed by atoms with Crippen LogP contribution in [0.15, 0.2) is 18.2 Å². The zero-order valence-corrected chi connectivity index (χ0v) is 14.0. The Labute approximate surface area is 144 Å². The van der Waals surface area contributed by atoms with Crippen molar-refractivity contribution >= 4 is 82.2 Å². The van der Waals surface area contributed by atoms with Gasteiger partial charge in [-0.15, -0.1) is 34.0 Å². The monoisotopic (exact) mass is 378 g/mol. The zero-order chi connectivity index (χ0) is 17.2. The highest BCUT2D eigenvalue weighted by molar-refractivity contribution is 7.28. The second-order valence-electron chi connectivity index (χ2n) is 4.98. The lowest BCUT2D eigenvalue weighted by molar-refractivity contribution is 0.0691. The Balaban J connectivity index is 2.25. The molecular formula is C15H6O6S3. The number of thiophene rings is 3. The Morgan fingerprint density at radius 3 is 1.04 bits per heavy atom. The molecule has 0 saturated heterocycles. The van der Waals surface area contributed by atoms with Crippen molar-refractivity contribution in [3.8, 4) is 0 Å². The molecule has 3 N–H and O–H groups in total. The van der Waals surface area contributed by atoms with E-state index in [1.807, 2.05) is 0 Å². The van der Waals surface area contributed by atoms with Crippen molar-refractivity contribution in [3.05, 3.63) is 32.8 Å². The SMILES string of the molecule is O=C(O)c1cc2c(s1)c1cc(C(=O)O)sc1c1cc(C(=O)O)sc21. The third-order valence-corrected chi connectivity index (χ3v) is 7.03. The van der Waals surface area contributed by atoms with E-state index in [4.69, 9.17) is 0 Å². The van der Waals surface area contributed by atoms with E-state index in [0.29, 0.717) is 30.3 Å². The molecule has 0 amide bonds. The molecule has 0 aliphatic rings. The van der Waals surface area contributed by atoms with Crippen LogP contribution in [-0.4, -0.2) is 33.2 Å². The van der Waals surface area contributed by atoms with Crippen LogP contribution in [0.1, 0.15) is 29.0 Å². The summed E-state index contributed by atoms with van der Waals surface area (Å²) >= 11 is 3.20. The molecule has 6 nitrogen and oxygen atoms in total. The summed E-state index contributed by atoms with van der Waals surface area (Å²) in [7, 11) is 0. The predicted molar refractivity (Wildman–Crippen MR) is 93.5 cm³/mol. The van der Waals surface area contributed by atoms with Crippen LogP contribution in [0.3, 0.4) is 0 Å². The molecule has 0 saturated carbocycles. The maximum Gasteiger partial charge on any atom is 0.345 e. The minimum absolute atomic E-state index is 0.132. The van der Waals surface area contributed by atoms with E-state index in [9.17, 15) is 29.7 Å². The van der Waals surface area contributed by atoms with Crippen LogP contribution in [0.4, 0.5) is 0 Å². The molecule has 4 aromatic rings. The van der Waals surface area contributed by atoms with E-state index in [-0.39, 0.29) is 14.6 Å². The van der Waals surface area contributed by atoms with E-state index < -0.39 is 17.9 Å². The van der Waals surface area contributed by atoms with Crippen molar-refractivity contribution in [1.82, 2.24) is 0 Å². The lowest BCUT2D eigenvalue weighted by atomic mass is 10.1. The van der Waals surface area contributed by atoms with Crippen molar-refractivity contribution in [2.75, 3.05) is 0 Å². The summed E-state index contributed by atoms with van der Waals surface area (Å²) in [5.41, 5.74) is 0. The van der Waals surface area contributed by atoms with E-state index in [0.717, 1.165) is 34.0 Å². The maximum absolute atomic E-state index is 11.3. The van der Waals surface area contributed by atoms with Gasteiger partial charge in [0.1, 0.15) is 14.6 Å². The Bertz CT molecular complexity index is 946. The number of aromatic carboxylic acids is 3. The summed E-state index contributed by atoms with van der Waals surface area (Å²) in [4.78, 5) is 34.3. The summed E-state index contributed by atoms with van der Waals surface area (Å²) in [6.07, 6.45) is 0. The van der Waals surface area contributed by atoms with E-state index >= 15 is 0 Å². The Morgan fingerprint density at radius 2 is 0.833 bits per heavy atom. The van der Waals surface area contributed by atoms with Gasteiger partial charge in [-0.05, 0) is 18.2 Å². The topological polar surface area (TPSA) is 112 Å². The molecule has 0 aliphatic heterocycles. The molecule has 0 radical (unpaired) electrons. The minimum atomic E-state index is -1.07. The third kappa shape index (κ3) is 2.02. The summed E-state index contributed by atoms with van der Waals surface area (Å²) in [6.45, 7) is 0. The number of benzene rings is 1. The number of carboxylic acid groups (broad SMARTS) is 3. The van der Waals surface area contributed by atoms with Gasteiger partial charge in [-0.1, -0.05) is 0 Å². The van der Waals surface area contributed by atoms with Crippen molar-refractivity contribution in [2.45, 2.75) is 0 Å². The van der Waals surface area contributed by atoms with Crippen molar-refractivity contribution in [1.29, 1.82) is 0 Å². The summed E-state index contributed by atoms with van der Waals surface area (Å²) in [6, 6.07) is 4.55. The average Bonchev–Trinajstić information content (AvgIpc) is 3.21. The molecule has 0 bridgehead atoms. The smallest absolute Gasteiger partial charge is 0.345 e. The number of carbonyl (C=O) groups is 3. The van der Waals surface area contributed by atoms with Gasteiger partial charge < -0.3 is 15.3 Å². The number of rotatable bonds is 3. The fourth-order valence-electron chi connectivity index (χ4n) is 2.60. The third-order valence-electron chi connectivity index (χ3n) is 3.56. The van der Waals surface area contributed by atoms with Crippen LogP contribution in [-0.2, 0) is 0 Å². The minimum Gasteiger partial charge on any atom is -0.477 e. The quantitative estimate of drug-likeness (QED) is 0.486. The van der Waals surface area contributed by atoms with Gasteiger partial charge in [-0.25, -0.2) is 14.4 Å². The molecular weight excluding hydrogens is 372 g/mol. The average molecular weight is 378 g/mol. The lowest BCUT2D eigenvalue weighted by Crippen LogP contribution is -1.89. The number of fused-ring (bicyclic) bond motifs is 6. The second-order valence-corrected chi connectivity index (χ2v) is 8.13. The molecule has 1 aromatic carbocycles. The van der Waals surface area contributed by atoms with Gasteiger partial charge in [0.25, 0.3) is 0 Å². The highest BCUT2D eigenvalue weighted by Gasteiger charge is 2.21. The Morgan fingerprint density at radius 1 is 0.583 bits per heavy atom. The van der Waals surface area contributed by atoms with Crippen LogP contribution >= 0.6 is 34.0 Å². The van der Waals surface area contributed by atoms with Gasteiger partial charge >= 0.3 is 17.9 Å². The molecule has 24 heavy (non-hydrogen) atoms. The van der Waals surface area contributed by atoms with Crippen molar-refractivity contribution in [3.63, 3.8) is 0 Å². The van der Waals surface area contributed by atoms with Gasteiger partial charge in [0.15, 0.2) is 0 Å². The van der Waals surface area contributed by atoms with Gasteiger partial charge in [-0.3, -0.25) is 0 Å². The summed E-state index contributed by atoms with van der Waals surface area (Å²) in [5, 5.41) is 29.7. The first-order chi connectivity index (χ1) is 11.4. The van der Waals surface area contributed by atoms with Gasteiger partial charge in [-0.2, -0.15) is 0 Å². The predicted octanol–water partition coefficient (Wildman–Crippen LogP) is 4.43. The standard InChI is InChI=1S/C15H6O6S3/c16-13(17)7-1-4-10(22-7)5-2-9(15(20)21)24-12(5)6-3-8(14(18)19)23-11(4)6/h1-3H,(H,16,17)(H,18,19)(H,20,21). The normalized spacial score (nSPS) is 11.5. The number of carboxylic acids is 3. The molecule has 4 rings (SSSR count). The van der Waals surface area contributed by atoms with Crippen molar-refractivity contribution in [2.24, 2.45) is 0 Å². The molecule has 0 fully saturated rings. The van der Waals surface area contributed by atoms with Crippen LogP contribution in [0.5, 0.6) is 0 Å². The van der Waals surface area contributed by atoms with Crippen LogP contribution in [0.25, 0.3) is 30.3 Å². The van der Waals surface area contributed by atoms with Crippen LogP contribution in [0, 0.1) is 0 Å². The second kappa shape index (κ2) is 5.00. The van der Waals surface area contributed by atoms with Crippen LogP contribution in [0.2, 0.25) is 0 Å². The van der Waals surface area contributed by atoms with E-state index in [2.05, 4.69) is 0 Å². The van der Waals surface area contributed by atoms with Crippen LogP contribution < -0.4 is 0 Å². The molecule has 3 aromatic heterocycles. The summed E-state index contributed by atoms with van der Waals surface area (Å²) in [5.74, 6) is -3.20. The molecule has 120 valence electrons. The molecule has 0 unspecified atom stereocenters. The first-order valence-electron chi connectivity index (χ1n) is 6.49. The van der Waals surface area contributed by atoms with E-state index in [1.54, 1.807) is 0 Å². The van der Waals surface area contributed by atoms with Gasteiger partial charge in [0.2, 0.25) is 0 Å². The van der Waals surface area contributed by atoms with E-state index in [1.165, 1.54) is 18.2 Å². The Kier molecular flexibility index (Phi) is 3.14. The zero-order valence-electron chi connectivity index (χ0n) is 11.5. The molecule has 0 atom stereocenters.